The summed E-state index contributed by atoms with van der Waals surface area (Å²) in [4.78, 5) is 11.4. The molecule has 2 aliphatic heterocycles. The van der Waals surface area contributed by atoms with Gasteiger partial charge in [-0.25, -0.2) is 0 Å². The summed E-state index contributed by atoms with van der Waals surface area (Å²) < 4.78 is 0. The predicted molar refractivity (Wildman–Crippen MR) is 64.2 cm³/mol. The van der Waals surface area contributed by atoms with Gasteiger partial charge in [-0.2, -0.15) is 5.01 Å². The van der Waals surface area contributed by atoms with E-state index in [-0.39, 0.29) is 11.4 Å². The second-order valence-electron chi connectivity index (χ2n) is 4.31. The van der Waals surface area contributed by atoms with Crippen LogP contribution in [0.1, 0.15) is 0 Å². The number of hydrogen-bond acceptors (Lipinski definition) is 4. The Bertz CT molecular complexity index is 477. The van der Waals surface area contributed by atoms with Crippen molar-refractivity contribution in [3.63, 3.8) is 0 Å². The normalized spacial score (nSPS) is 34.6. The van der Waals surface area contributed by atoms with Crippen molar-refractivity contribution in [1.82, 2.24) is 15.8 Å². The summed E-state index contributed by atoms with van der Waals surface area (Å²) in [6, 6.07) is 0. The fourth-order valence-electron chi connectivity index (χ4n) is 2.55. The SMILES string of the molecule is NC(=O)C1NCC23C=CC=CC2=CC=CNN13. The van der Waals surface area contributed by atoms with Crippen LogP contribution < -0.4 is 16.5 Å². The molecule has 0 aromatic rings. The van der Waals surface area contributed by atoms with Gasteiger partial charge in [0.1, 0.15) is 0 Å². The number of hydrazine groups is 1. The highest BCUT2D eigenvalue weighted by atomic mass is 16.2. The van der Waals surface area contributed by atoms with Crippen molar-refractivity contribution in [3.05, 3.63) is 48.2 Å². The Morgan fingerprint density at radius 3 is 3.18 bits per heavy atom. The molecule has 0 aromatic carbocycles. The van der Waals surface area contributed by atoms with E-state index >= 15 is 0 Å². The monoisotopic (exact) mass is 230 g/mol. The number of nitrogens with zero attached hydrogens (tertiary/aromatic N) is 1. The summed E-state index contributed by atoms with van der Waals surface area (Å²) in [6.45, 7) is 0.655. The first-order valence-electron chi connectivity index (χ1n) is 5.55. The highest BCUT2D eigenvalue weighted by Crippen LogP contribution is 2.34. The molecule has 2 unspecified atom stereocenters. The Hall–Kier alpha value is -1.85. The molecule has 4 N–H and O–H groups in total. The van der Waals surface area contributed by atoms with Gasteiger partial charge in [-0.05, 0) is 11.6 Å². The summed E-state index contributed by atoms with van der Waals surface area (Å²) in [5, 5.41) is 5.01. The maximum Gasteiger partial charge on any atom is 0.251 e. The van der Waals surface area contributed by atoms with Crippen LogP contribution in [0.2, 0.25) is 0 Å². The molecule has 3 rings (SSSR count). The van der Waals surface area contributed by atoms with E-state index in [0.717, 1.165) is 5.57 Å². The fraction of sp³-hybridized carbons (Fsp3) is 0.250. The van der Waals surface area contributed by atoms with Gasteiger partial charge in [-0.1, -0.05) is 30.4 Å². The second-order valence-corrected chi connectivity index (χ2v) is 4.31. The minimum atomic E-state index is -0.503. The number of allylic oxidation sites excluding steroid dienone is 4. The van der Waals surface area contributed by atoms with Gasteiger partial charge >= 0.3 is 0 Å². The molecule has 0 saturated carbocycles. The lowest BCUT2D eigenvalue weighted by Gasteiger charge is -2.37. The van der Waals surface area contributed by atoms with Crippen molar-refractivity contribution in [1.29, 1.82) is 0 Å². The van der Waals surface area contributed by atoms with Crippen LogP contribution in [-0.4, -0.2) is 29.2 Å². The first-order valence-corrected chi connectivity index (χ1v) is 5.55. The summed E-state index contributed by atoms with van der Waals surface area (Å²) in [7, 11) is 0. The lowest BCUT2D eigenvalue weighted by atomic mass is 9.86. The van der Waals surface area contributed by atoms with Crippen molar-refractivity contribution in [3.8, 4) is 0 Å². The van der Waals surface area contributed by atoms with E-state index in [1.807, 2.05) is 29.3 Å². The third kappa shape index (κ3) is 1.36. The van der Waals surface area contributed by atoms with Crippen LogP contribution in [0.5, 0.6) is 0 Å². The molecule has 5 nitrogen and oxygen atoms in total. The zero-order valence-electron chi connectivity index (χ0n) is 9.26. The van der Waals surface area contributed by atoms with Crippen LogP contribution in [0.15, 0.2) is 48.2 Å². The molecular weight excluding hydrogens is 216 g/mol. The molecule has 1 aliphatic carbocycles. The molecule has 1 amide bonds. The Morgan fingerprint density at radius 1 is 1.47 bits per heavy atom. The van der Waals surface area contributed by atoms with Gasteiger partial charge in [0, 0.05) is 12.7 Å². The average molecular weight is 230 g/mol. The van der Waals surface area contributed by atoms with Gasteiger partial charge in [0.25, 0.3) is 5.91 Å². The predicted octanol–water partition coefficient (Wildman–Crippen LogP) is -0.474. The summed E-state index contributed by atoms with van der Waals surface area (Å²) in [5.41, 5.74) is 9.32. The third-order valence-electron chi connectivity index (χ3n) is 3.37. The van der Waals surface area contributed by atoms with Gasteiger partial charge in [-0.3, -0.25) is 10.1 Å². The molecule has 0 radical (unpaired) electrons. The maximum atomic E-state index is 11.4. The van der Waals surface area contributed by atoms with E-state index in [0.29, 0.717) is 6.54 Å². The van der Waals surface area contributed by atoms with Crippen LogP contribution in [0, 0.1) is 0 Å². The third-order valence-corrected chi connectivity index (χ3v) is 3.37. The maximum absolute atomic E-state index is 11.4. The Morgan fingerprint density at radius 2 is 2.35 bits per heavy atom. The summed E-state index contributed by atoms with van der Waals surface area (Å²) in [6.07, 6.45) is 13.4. The molecule has 2 atom stereocenters. The van der Waals surface area contributed by atoms with E-state index in [9.17, 15) is 4.79 Å². The van der Waals surface area contributed by atoms with Crippen LogP contribution in [0.3, 0.4) is 0 Å². The number of carbonyl (C=O) groups excluding carboxylic acids is 1. The zero-order chi connectivity index (χ0) is 11.9. The van der Waals surface area contributed by atoms with Gasteiger partial charge in [0.05, 0.1) is 5.54 Å². The second kappa shape index (κ2) is 3.58. The standard InChI is InChI=1S/C12H14N4O/c13-10(17)11-14-8-12-6-2-1-4-9(12)5-3-7-15-16(11)12/h1-7,11,14-15H,8H2,(H2,13,17). The molecule has 1 fully saturated rings. The number of nitrogens with two attached hydrogens (primary N) is 1. The number of carbonyl (C=O) groups is 1. The molecule has 0 bridgehead atoms. The number of primary amides is 1. The summed E-state index contributed by atoms with van der Waals surface area (Å²) >= 11 is 0. The van der Waals surface area contributed by atoms with E-state index in [1.165, 1.54) is 0 Å². The smallest absolute Gasteiger partial charge is 0.251 e. The largest absolute Gasteiger partial charge is 0.367 e. The topological polar surface area (TPSA) is 70.4 Å². The van der Waals surface area contributed by atoms with Gasteiger partial charge in [0.2, 0.25) is 0 Å². The van der Waals surface area contributed by atoms with Crippen LogP contribution in [0.25, 0.3) is 0 Å². The highest BCUT2D eigenvalue weighted by molar-refractivity contribution is 5.80. The van der Waals surface area contributed by atoms with Crippen molar-refractivity contribution in [2.45, 2.75) is 11.7 Å². The van der Waals surface area contributed by atoms with Crippen molar-refractivity contribution in [2.75, 3.05) is 6.54 Å². The van der Waals surface area contributed by atoms with Gasteiger partial charge < -0.3 is 11.2 Å². The van der Waals surface area contributed by atoms with E-state index < -0.39 is 6.17 Å². The van der Waals surface area contributed by atoms with Crippen LogP contribution >= 0.6 is 0 Å². The van der Waals surface area contributed by atoms with Crippen molar-refractivity contribution < 1.29 is 4.79 Å². The first kappa shape index (κ1) is 10.3. The number of rotatable bonds is 1. The number of nitrogens with one attached hydrogen (secondary N) is 2. The lowest BCUT2D eigenvalue weighted by molar-refractivity contribution is -0.124. The lowest BCUT2D eigenvalue weighted by Crippen LogP contribution is -2.57. The van der Waals surface area contributed by atoms with E-state index in [2.05, 4.69) is 22.9 Å². The van der Waals surface area contributed by atoms with Crippen LogP contribution in [-0.2, 0) is 4.79 Å². The Balaban J connectivity index is 2.07. The minimum absolute atomic E-state index is 0.335. The first-order chi connectivity index (χ1) is 8.24. The number of hydrogen-bond donors (Lipinski definition) is 3. The van der Waals surface area contributed by atoms with Crippen molar-refractivity contribution >= 4 is 5.91 Å². The Labute approximate surface area is 99.3 Å². The van der Waals surface area contributed by atoms with E-state index in [1.54, 1.807) is 6.20 Å². The molecule has 0 aromatic heterocycles. The molecule has 88 valence electrons. The molecule has 3 aliphatic rings. The molecule has 17 heavy (non-hydrogen) atoms. The number of amides is 1. The van der Waals surface area contributed by atoms with Crippen LogP contribution in [0.4, 0.5) is 0 Å². The average Bonchev–Trinajstić information content (AvgIpc) is 2.56. The zero-order valence-corrected chi connectivity index (χ0v) is 9.26. The fourth-order valence-corrected chi connectivity index (χ4v) is 2.55. The minimum Gasteiger partial charge on any atom is -0.367 e. The van der Waals surface area contributed by atoms with Gasteiger partial charge in [-0.15, -0.1) is 0 Å². The van der Waals surface area contributed by atoms with E-state index in [4.69, 9.17) is 5.73 Å². The summed E-state index contributed by atoms with van der Waals surface area (Å²) in [5.74, 6) is -0.382. The molecular formula is C12H14N4O. The molecule has 1 saturated heterocycles. The molecule has 1 spiro atoms. The van der Waals surface area contributed by atoms with Gasteiger partial charge in [0.15, 0.2) is 6.17 Å². The highest BCUT2D eigenvalue weighted by Gasteiger charge is 2.49. The molecule has 5 heteroatoms. The quantitative estimate of drug-likeness (QED) is 0.569. The Kier molecular flexibility index (Phi) is 2.17. The van der Waals surface area contributed by atoms with Crippen molar-refractivity contribution in [2.24, 2.45) is 5.73 Å². The molecule has 2 heterocycles.